The van der Waals surface area contributed by atoms with E-state index in [2.05, 4.69) is 20.6 Å². The Morgan fingerprint density at radius 3 is 3.20 bits per heavy atom. The van der Waals surface area contributed by atoms with E-state index >= 15 is 0 Å². The number of tetrazole rings is 1. The van der Waals surface area contributed by atoms with Crippen LogP contribution in [0.15, 0.2) is 0 Å². The Hall–Kier alpha value is -0.970. The predicted octanol–water partition coefficient (Wildman–Crippen LogP) is -0.296. The van der Waals surface area contributed by atoms with E-state index in [0.717, 1.165) is 25.5 Å². The lowest BCUT2D eigenvalue weighted by Crippen LogP contribution is -1.99. The lowest BCUT2D eigenvalue weighted by atomic mass is 10.1. The third-order valence-corrected chi connectivity index (χ3v) is 1.66. The molecule has 0 aliphatic carbocycles. The summed E-state index contributed by atoms with van der Waals surface area (Å²) in [6.07, 6.45) is 1.01. The highest BCUT2D eigenvalue weighted by Crippen LogP contribution is 2.20. The van der Waals surface area contributed by atoms with Gasteiger partial charge in [0.2, 0.25) is 0 Å². The zero-order valence-corrected chi connectivity index (χ0v) is 5.45. The Morgan fingerprint density at radius 1 is 1.60 bits per heavy atom. The minimum Gasteiger partial charge on any atom is -0.381 e. The lowest BCUT2D eigenvalue weighted by molar-refractivity contribution is 0.193. The van der Waals surface area contributed by atoms with Gasteiger partial charge in [-0.25, -0.2) is 0 Å². The molecule has 0 amide bonds. The molecular weight excluding hydrogens is 132 g/mol. The minimum atomic E-state index is 0.360. The van der Waals surface area contributed by atoms with Gasteiger partial charge in [-0.3, -0.25) is 0 Å². The van der Waals surface area contributed by atoms with Crippen molar-refractivity contribution >= 4 is 0 Å². The van der Waals surface area contributed by atoms with Crippen molar-refractivity contribution in [3.8, 4) is 0 Å². The molecule has 1 saturated heterocycles. The molecule has 0 bridgehead atoms. The summed E-state index contributed by atoms with van der Waals surface area (Å²) < 4.78 is 5.16. The Kier molecular flexibility index (Phi) is 1.35. The topological polar surface area (TPSA) is 63.7 Å². The molecule has 1 N–H and O–H groups in total. The second-order valence-electron chi connectivity index (χ2n) is 2.33. The molecule has 1 aromatic rings. The van der Waals surface area contributed by atoms with Gasteiger partial charge in [-0.2, -0.15) is 5.21 Å². The molecule has 0 saturated carbocycles. The molecule has 5 heteroatoms. The van der Waals surface area contributed by atoms with E-state index in [4.69, 9.17) is 4.74 Å². The first-order valence-corrected chi connectivity index (χ1v) is 3.28. The third-order valence-electron chi connectivity index (χ3n) is 1.66. The lowest BCUT2D eigenvalue weighted by Gasteiger charge is -1.96. The summed E-state index contributed by atoms with van der Waals surface area (Å²) in [6, 6.07) is 0. The standard InChI is InChI=1S/C5H8N4O/c1-2-10-3-4(1)5-6-8-9-7-5/h4H,1-3H2,(H,6,7,8,9). The molecule has 54 valence electrons. The molecule has 1 aliphatic rings. The van der Waals surface area contributed by atoms with Gasteiger partial charge in [-0.15, -0.1) is 10.2 Å². The third kappa shape index (κ3) is 0.881. The molecule has 0 aromatic carbocycles. The molecule has 1 fully saturated rings. The van der Waals surface area contributed by atoms with Crippen LogP contribution in [0.3, 0.4) is 0 Å². The molecule has 1 aromatic heterocycles. The van der Waals surface area contributed by atoms with Crippen molar-refractivity contribution in [2.75, 3.05) is 13.2 Å². The number of hydrogen-bond donors (Lipinski definition) is 1. The van der Waals surface area contributed by atoms with Crippen LogP contribution >= 0.6 is 0 Å². The number of nitrogens with one attached hydrogen (secondary N) is 1. The van der Waals surface area contributed by atoms with E-state index in [1.807, 2.05) is 0 Å². The smallest absolute Gasteiger partial charge is 0.180 e. The summed E-state index contributed by atoms with van der Waals surface area (Å²) in [5.41, 5.74) is 0. The fourth-order valence-corrected chi connectivity index (χ4v) is 1.08. The molecule has 10 heavy (non-hydrogen) atoms. The van der Waals surface area contributed by atoms with Crippen LogP contribution in [-0.4, -0.2) is 33.8 Å². The number of aromatic nitrogens is 4. The van der Waals surface area contributed by atoms with Crippen LogP contribution in [0, 0.1) is 0 Å². The molecule has 2 rings (SSSR count). The molecule has 0 radical (unpaired) electrons. The van der Waals surface area contributed by atoms with E-state index in [1.54, 1.807) is 0 Å². The maximum absolute atomic E-state index is 5.16. The first-order chi connectivity index (χ1) is 4.97. The number of H-pyrrole nitrogens is 1. The van der Waals surface area contributed by atoms with Crippen LogP contribution in [0.4, 0.5) is 0 Å². The quantitative estimate of drug-likeness (QED) is 0.581. The average molecular weight is 140 g/mol. The summed E-state index contributed by atoms with van der Waals surface area (Å²) in [5, 5.41) is 13.6. The van der Waals surface area contributed by atoms with Crippen LogP contribution in [0.2, 0.25) is 0 Å². The fraction of sp³-hybridized carbons (Fsp3) is 0.800. The van der Waals surface area contributed by atoms with E-state index in [1.165, 1.54) is 0 Å². The average Bonchev–Trinajstić information content (AvgIpc) is 2.59. The maximum Gasteiger partial charge on any atom is 0.180 e. The van der Waals surface area contributed by atoms with Gasteiger partial charge in [-0.1, -0.05) is 5.21 Å². The highest BCUT2D eigenvalue weighted by molar-refractivity contribution is 4.92. The van der Waals surface area contributed by atoms with Gasteiger partial charge < -0.3 is 4.74 Å². The SMILES string of the molecule is C1CC(c2nn[nH]n2)CO1. The summed E-state index contributed by atoms with van der Waals surface area (Å²) in [6.45, 7) is 1.55. The minimum absolute atomic E-state index is 0.360. The van der Waals surface area contributed by atoms with Gasteiger partial charge in [0.05, 0.1) is 6.61 Å². The summed E-state index contributed by atoms with van der Waals surface area (Å²) in [4.78, 5) is 0. The first kappa shape index (κ1) is 5.79. The number of ether oxygens (including phenoxy) is 1. The van der Waals surface area contributed by atoms with Crippen molar-refractivity contribution in [2.45, 2.75) is 12.3 Å². The summed E-state index contributed by atoms with van der Waals surface area (Å²) in [5.74, 6) is 1.14. The Balaban J connectivity index is 2.12. The molecule has 1 atom stereocenters. The van der Waals surface area contributed by atoms with Crippen molar-refractivity contribution in [1.82, 2.24) is 20.6 Å². The number of rotatable bonds is 1. The fourth-order valence-electron chi connectivity index (χ4n) is 1.08. The van der Waals surface area contributed by atoms with Crippen LogP contribution in [0.5, 0.6) is 0 Å². The largest absolute Gasteiger partial charge is 0.381 e. The van der Waals surface area contributed by atoms with Crippen LogP contribution < -0.4 is 0 Å². The number of hydrogen-bond acceptors (Lipinski definition) is 4. The van der Waals surface area contributed by atoms with Crippen LogP contribution in [0.25, 0.3) is 0 Å². The van der Waals surface area contributed by atoms with Gasteiger partial charge in [0.1, 0.15) is 0 Å². The van der Waals surface area contributed by atoms with E-state index in [9.17, 15) is 0 Å². The first-order valence-electron chi connectivity index (χ1n) is 3.28. The Morgan fingerprint density at radius 2 is 2.60 bits per heavy atom. The monoisotopic (exact) mass is 140 g/mol. The molecule has 1 unspecified atom stereocenters. The van der Waals surface area contributed by atoms with Gasteiger partial charge >= 0.3 is 0 Å². The van der Waals surface area contributed by atoms with Crippen LogP contribution in [-0.2, 0) is 4.74 Å². The highest BCUT2D eigenvalue weighted by Gasteiger charge is 2.20. The van der Waals surface area contributed by atoms with Gasteiger partial charge in [0, 0.05) is 12.5 Å². The van der Waals surface area contributed by atoms with Gasteiger partial charge in [0.15, 0.2) is 5.82 Å². The molecule has 1 aliphatic heterocycles. The molecule has 5 nitrogen and oxygen atoms in total. The summed E-state index contributed by atoms with van der Waals surface area (Å²) >= 11 is 0. The number of nitrogens with zero attached hydrogens (tertiary/aromatic N) is 3. The van der Waals surface area contributed by atoms with E-state index in [0.29, 0.717) is 5.92 Å². The molecular formula is C5H8N4O. The van der Waals surface area contributed by atoms with Crippen molar-refractivity contribution in [3.05, 3.63) is 5.82 Å². The highest BCUT2D eigenvalue weighted by atomic mass is 16.5. The zero-order valence-electron chi connectivity index (χ0n) is 5.45. The predicted molar refractivity (Wildman–Crippen MR) is 32.4 cm³/mol. The Bertz CT molecular complexity index is 191. The van der Waals surface area contributed by atoms with Gasteiger partial charge in [0.25, 0.3) is 0 Å². The number of aromatic amines is 1. The zero-order chi connectivity index (χ0) is 6.81. The van der Waals surface area contributed by atoms with Crippen molar-refractivity contribution in [3.63, 3.8) is 0 Å². The van der Waals surface area contributed by atoms with Crippen LogP contribution in [0.1, 0.15) is 18.2 Å². The van der Waals surface area contributed by atoms with E-state index in [-0.39, 0.29) is 0 Å². The Labute approximate surface area is 57.8 Å². The second kappa shape index (κ2) is 2.34. The van der Waals surface area contributed by atoms with Gasteiger partial charge in [-0.05, 0) is 6.42 Å². The maximum atomic E-state index is 5.16. The summed E-state index contributed by atoms with van der Waals surface area (Å²) in [7, 11) is 0. The molecule has 0 spiro atoms. The van der Waals surface area contributed by atoms with Crippen molar-refractivity contribution in [2.24, 2.45) is 0 Å². The van der Waals surface area contributed by atoms with Crippen molar-refractivity contribution < 1.29 is 4.74 Å². The normalized spacial score (nSPS) is 25.4. The second-order valence-corrected chi connectivity index (χ2v) is 2.33. The van der Waals surface area contributed by atoms with E-state index < -0.39 is 0 Å². The molecule has 2 heterocycles. The van der Waals surface area contributed by atoms with Crippen molar-refractivity contribution in [1.29, 1.82) is 0 Å².